The number of rotatable bonds is 7. The number of amides is 3. The molecular formula is C31H35F2N5O3Si. The maximum absolute atomic E-state index is 15.2. The number of anilines is 2. The van der Waals surface area contributed by atoms with E-state index in [-0.39, 0.29) is 18.5 Å². The van der Waals surface area contributed by atoms with E-state index in [0.717, 1.165) is 23.9 Å². The Bertz CT molecular complexity index is 1520. The second-order valence-corrected chi connectivity index (χ2v) is 17.9. The van der Waals surface area contributed by atoms with Gasteiger partial charge in [0.15, 0.2) is 11.6 Å². The molecule has 1 aromatic heterocycles. The third-order valence-electron chi connectivity index (χ3n) is 7.55. The first kappa shape index (κ1) is 29.5. The molecule has 0 aliphatic carbocycles. The van der Waals surface area contributed by atoms with Crippen LogP contribution in [0.4, 0.5) is 25.0 Å². The van der Waals surface area contributed by atoms with Gasteiger partial charge in [0, 0.05) is 45.4 Å². The first-order valence-corrected chi connectivity index (χ1v) is 17.7. The predicted molar refractivity (Wildman–Crippen MR) is 160 cm³/mol. The Hall–Kier alpha value is -4.01. The molecule has 0 bridgehead atoms. The quantitative estimate of drug-likeness (QED) is 0.212. The topological polar surface area (TPSA) is 70.9 Å². The van der Waals surface area contributed by atoms with Gasteiger partial charge in [0.05, 0.1) is 30.0 Å². The van der Waals surface area contributed by atoms with Gasteiger partial charge in [-0.1, -0.05) is 49.7 Å². The Morgan fingerprint density at radius 2 is 1.71 bits per heavy atom. The molecule has 3 aromatic rings. The van der Waals surface area contributed by atoms with Gasteiger partial charge in [0.2, 0.25) is 5.91 Å². The Labute approximate surface area is 245 Å². The third kappa shape index (κ3) is 6.40. The summed E-state index contributed by atoms with van der Waals surface area (Å²) in [6, 6.07) is 11.5. The van der Waals surface area contributed by atoms with E-state index in [2.05, 4.69) is 41.5 Å². The molecule has 5 rings (SSSR count). The lowest BCUT2D eigenvalue weighted by molar-refractivity contribution is -0.122. The molecule has 3 heterocycles. The molecule has 0 spiro atoms. The molecule has 2 fully saturated rings. The molecule has 3 amide bonds. The minimum atomic E-state index is -1.18. The molecule has 220 valence electrons. The zero-order chi connectivity index (χ0) is 30.1. The van der Waals surface area contributed by atoms with Crippen LogP contribution in [0.15, 0.2) is 54.9 Å². The average molecular weight is 592 g/mol. The summed E-state index contributed by atoms with van der Waals surface area (Å²) in [6.07, 6.45) is 3.55. The number of urea groups is 1. The fourth-order valence-corrected chi connectivity index (χ4v) is 6.01. The fraction of sp³-hybridized carbons (Fsp3) is 0.387. The SMILES string of the molecule is C[C@@]12CC(=O)N(c3c(F)cc(C#Cc4ccccc4)cc3F)C(=O)N1CCN(c1cnn(COCC[Si](C)(C)C)c1)C2. The average Bonchev–Trinajstić information content (AvgIpc) is 3.40. The molecule has 0 radical (unpaired) electrons. The van der Waals surface area contributed by atoms with Gasteiger partial charge in [0.25, 0.3) is 0 Å². The number of nitrogens with zero attached hydrogens (tertiary/aromatic N) is 5. The van der Waals surface area contributed by atoms with Gasteiger partial charge in [-0.15, -0.1) is 0 Å². The van der Waals surface area contributed by atoms with Crippen molar-refractivity contribution in [2.75, 3.05) is 36.0 Å². The van der Waals surface area contributed by atoms with Crippen molar-refractivity contribution in [2.24, 2.45) is 0 Å². The number of carbonyl (C=O) groups is 2. The van der Waals surface area contributed by atoms with Gasteiger partial charge < -0.3 is 14.5 Å². The lowest BCUT2D eigenvalue weighted by Gasteiger charge is -2.53. The number of carbonyl (C=O) groups excluding carboxylic acids is 2. The van der Waals surface area contributed by atoms with E-state index in [1.807, 2.05) is 31.3 Å². The molecule has 1 atom stereocenters. The van der Waals surface area contributed by atoms with Gasteiger partial charge in [-0.05, 0) is 37.2 Å². The molecule has 2 aliphatic heterocycles. The summed E-state index contributed by atoms with van der Waals surface area (Å²) in [5.41, 5.74) is 0.133. The van der Waals surface area contributed by atoms with Crippen LogP contribution in [0.2, 0.25) is 25.7 Å². The van der Waals surface area contributed by atoms with Crippen LogP contribution in [0.3, 0.4) is 0 Å². The summed E-state index contributed by atoms with van der Waals surface area (Å²) in [6.45, 7) is 10.9. The van der Waals surface area contributed by atoms with Crippen LogP contribution >= 0.6 is 0 Å². The summed E-state index contributed by atoms with van der Waals surface area (Å²) in [5, 5.41) is 4.40. The van der Waals surface area contributed by atoms with Crippen LogP contribution in [0.25, 0.3) is 0 Å². The van der Waals surface area contributed by atoms with Crippen molar-refractivity contribution in [1.29, 1.82) is 0 Å². The first-order chi connectivity index (χ1) is 19.9. The normalized spacial score (nSPS) is 19.0. The lowest BCUT2D eigenvalue weighted by atomic mass is 9.89. The maximum Gasteiger partial charge on any atom is 0.332 e. The first-order valence-electron chi connectivity index (χ1n) is 14.0. The number of piperazine rings is 1. The summed E-state index contributed by atoms with van der Waals surface area (Å²) in [4.78, 5) is 31.1. The lowest BCUT2D eigenvalue weighted by Crippen LogP contribution is -2.70. The van der Waals surface area contributed by atoms with Gasteiger partial charge in [-0.25, -0.2) is 23.2 Å². The Kier molecular flexibility index (Phi) is 8.21. The van der Waals surface area contributed by atoms with Gasteiger partial charge in [-0.3, -0.25) is 4.79 Å². The van der Waals surface area contributed by atoms with E-state index < -0.39 is 42.9 Å². The van der Waals surface area contributed by atoms with Crippen LogP contribution in [0.1, 0.15) is 24.5 Å². The monoisotopic (exact) mass is 591 g/mol. The molecule has 0 saturated carbocycles. The number of hydrogen-bond donors (Lipinski definition) is 0. The third-order valence-corrected chi connectivity index (χ3v) is 9.25. The number of halogens is 2. The Morgan fingerprint density at radius 3 is 2.40 bits per heavy atom. The molecule has 11 heteroatoms. The van der Waals surface area contributed by atoms with E-state index in [1.54, 1.807) is 23.0 Å². The van der Waals surface area contributed by atoms with Crippen LogP contribution in [0, 0.1) is 23.5 Å². The van der Waals surface area contributed by atoms with Gasteiger partial charge in [-0.2, -0.15) is 5.10 Å². The number of benzene rings is 2. The number of aromatic nitrogens is 2. The van der Waals surface area contributed by atoms with Crippen LogP contribution in [-0.2, 0) is 16.3 Å². The van der Waals surface area contributed by atoms with Crippen molar-refractivity contribution >= 4 is 31.4 Å². The molecule has 8 nitrogen and oxygen atoms in total. The van der Waals surface area contributed by atoms with Crippen LogP contribution in [0.5, 0.6) is 0 Å². The second-order valence-electron chi connectivity index (χ2n) is 12.2. The number of ether oxygens (including phenoxy) is 1. The zero-order valence-corrected chi connectivity index (χ0v) is 25.4. The van der Waals surface area contributed by atoms with E-state index in [4.69, 9.17) is 4.74 Å². The van der Waals surface area contributed by atoms with E-state index in [9.17, 15) is 9.59 Å². The number of imide groups is 1. The largest absolute Gasteiger partial charge is 0.365 e. The highest BCUT2D eigenvalue weighted by Crippen LogP contribution is 2.37. The van der Waals surface area contributed by atoms with Gasteiger partial charge >= 0.3 is 6.03 Å². The minimum Gasteiger partial charge on any atom is -0.365 e. The summed E-state index contributed by atoms with van der Waals surface area (Å²) in [5.74, 6) is 2.90. The number of fused-ring (bicyclic) bond motifs is 1. The summed E-state index contributed by atoms with van der Waals surface area (Å²) >= 11 is 0. The summed E-state index contributed by atoms with van der Waals surface area (Å²) < 4.78 is 38.0. The standard InChI is InChI=1S/C31H35F2N5O3Si/c1-31-18-28(39)38(29-26(32)16-24(17-27(29)33)11-10-23-8-6-5-7-9-23)30(40)37(31)13-12-35(21-31)25-19-34-36(20-25)22-41-14-15-42(2,3)4/h5-9,16-17,19-20H,12-15,18,21-22H2,1-4H3/t31-/m0/s1. The van der Waals surface area contributed by atoms with Crippen molar-refractivity contribution in [3.63, 3.8) is 0 Å². The maximum atomic E-state index is 15.2. The Morgan fingerprint density at radius 1 is 1.02 bits per heavy atom. The molecular weight excluding hydrogens is 556 g/mol. The molecule has 2 aliphatic rings. The Balaban J connectivity index is 1.28. The van der Waals surface area contributed by atoms with Crippen molar-refractivity contribution in [3.8, 4) is 11.8 Å². The van der Waals surface area contributed by atoms with Crippen LogP contribution in [-0.4, -0.2) is 66.5 Å². The zero-order valence-electron chi connectivity index (χ0n) is 24.4. The van der Waals surface area contributed by atoms with E-state index in [1.165, 1.54) is 4.90 Å². The van der Waals surface area contributed by atoms with Crippen molar-refractivity contribution in [3.05, 3.63) is 77.6 Å². The van der Waals surface area contributed by atoms with Crippen molar-refractivity contribution in [1.82, 2.24) is 14.7 Å². The van der Waals surface area contributed by atoms with Gasteiger partial charge in [0.1, 0.15) is 12.4 Å². The van der Waals surface area contributed by atoms with Crippen LogP contribution < -0.4 is 9.80 Å². The summed E-state index contributed by atoms with van der Waals surface area (Å²) in [7, 11) is -1.18. The number of hydrogen-bond acceptors (Lipinski definition) is 5. The molecule has 0 unspecified atom stereocenters. The van der Waals surface area contributed by atoms with Crippen molar-refractivity contribution < 1.29 is 23.1 Å². The highest BCUT2D eigenvalue weighted by molar-refractivity contribution is 6.76. The van der Waals surface area contributed by atoms with Crippen molar-refractivity contribution in [2.45, 2.75) is 51.3 Å². The highest BCUT2D eigenvalue weighted by Gasteiger charge is 2.51. The molecule has 2 aromatic carbocycles. The molecule has 0 N–H and O–H groups in total. The predicted octanol–water partition coefficient (Wildman–Crippen LogP) is 5.31. The molecule has 42 heavy (non-hydrogen) atoms. The second kappa shape index (κ2) is 11.7. The minimum absolute atomic E-state index is 0.0857. The fourth-order valence-electron chi connectivity index (χ4n) is 5.26. The molecule has 2 saturated heterocycles. The smallest absolute Gasteiger partial charge is 0.332 e. The highest BCUT2D eigenvalue weighted by atomic mass is 28.3. The van der Waals surface area contributed by atoms with E-state index in [0.29, 0.717) is 36.9 Å². The van der Waals surface area contributed by atoms with E-state index >= 15 is 8.78 Å².